The predicted molar refractivity (Wildman–Crippen MR) is 50.8 cm³/mol. The Labute approximate surface area is 79.7 Å². The Kier molecular flexibility index (Phi) is 2.67. The second-order valence-electron chi connectivity index (χ2n) is 3.94. The lowest BCUT2D eigenvalue weighted by Crippen LogP contribution is -2.48. The summed E-state index contributed by atoms with van der Waals surface area (Å²) in [4.78, 5) is 0. The highest BCUT2D eigenvalue weighted by Gasteiger charge is 2.52. The van der Waals surface area contributed by atoms with Crippen molar-refractivity contribution in [1.29, 1.82) is 5.26 Å². The van der Waals surface area contributed by atoms with Gasteiger partial charge >= 0.3 is 0 Å². The Hall–Kier alpha value is -0.560. The summed E-state index contributed by atoms with van der Waals surface area (Å²) in [5.74, 6) is 0.444. The molecule has 0 unspecified atom stereocenters. The van der Waals surface area contributed by atoms with Crippen LogP contribution in [0.2, 0.25) is 0 Å². The maximum absolute atomic E-state index is 11.3. The van der Waals surface area contributed by atoms with Crippen LogP contribution in [0.15, 0.2) is 0 Å². The van der Waals surface area contributed by atoms with Crippen molar-refractivity contribution in [2.45, 2.75) is 37.4 Å². The van der Waals surface area contributed by atoms with Crippen LogP contribution in [0.25, 0.3) is 0 Å². The number of hydrogen-bond acceptors (Lipinski definition) is 3. The maximum Gasteiger partial charge on any atom is 0.166 e. The van der Waals surface area contributed by atoms with Gasteiger partial charge in [0.25, 0.3) is 0 Å². The first-order chi connectivity index (χ1) is 5.95. The fraction of sp³-hybridized carbons (Fsp3) is 0.889. The highest BCUT2D eigenvalue weighted by Crippen LogP contribution is 2.45. The zero-order chi connectivity index (χ0) is 10.1. The van der Waals surface area contributed by atoms with Crippen molar-refractivity contribution in [2.24, 2.45) is 5.92 Å². The van der Waals surface area contributed by atoms with Crippen LogP contribution in [0.5, 0.6) is 0 Å². The number of hydrogen-bond donors (Lipinski definition) is 0. The summed E-state index contributed by atoms with van der Waals surface area (Å²) in [5, 5.41) is 8.83. The van der Waals surface area contributed by atoms with Crippen LogP contribution in [-0.4, -0.2) is 19.4 Å². The molecule has 0 amide bonds. The van der Waals surface area contributed by atoms with Gasteiger partial charge in [-0.05, 0) is 18.8 Å². The summed E-state index contributed by atoms with van der Waals surface area (Å²) in [5.41, 5.74) is 0. The van der Waals surface area contributed by atoms with Crippen molar-refractivity contribution in [3.05, 3.63) is 0 Å². The first-order valence-corrected chi connectivity index (χ1v) is 6.45. The molecule has 74 valence electrons. The molecule has 1 aliphatic rings. The summed E-state index contributed by atoms with van der Waals surface area (Å²) in [6.45, 7) is 2.08. The van der Waals surface area contributed by atoms with E-state index in [1.807, 2.05) is 6.07 Å². The molecular weight excluding hydrogens is 186 g/mol. The van der Waals surface area contributed by atoms with Gasteiger partial charge < -0.3 is 0 Å². The van der Waals surface area contributed by atoms with Crippen LogP contribution in [0.1, 0.15) is 32.6 Å². The van der Waals surface area contributed by atoms with Gasteiger partial charge in [0.2, 0.25) is 0 Å². The minimum atomic E-state index is -3.19. The summed E-state index contributed by atoms with van der Waals surface area (Å²) in [6.07, 6.45) is 4.35. The van der Waals surface area contributed by atoms with Crippen molar-refractivity contribution >= 4 is 9.84 Å². The Bertz CT molecular complexity index is 320. The highest BCUT2D eigenvalue weighted by atomic mass is 32.2. The Balaban J connectivity index is 2.68. The van der Waals surface area contributed by atoms with E-state index in [1.165, 1.54) is 6.26 Å². The number of rotatable bonds is 3. The zero-order valence-electron chi connectivity index (χ0n) is 8.08. The van der Waals surface area contributed by atoms with Gasteiger partial charge in [0.15, 0.2) is 14.6 Å². The summed E-state index contributed by atoms with van der Waals surface area (Å²) >= 11 is 0. The second-order valence-corrected chi connectivity index (χ2v) is 6.27. The maximum atomic E-state index is 11.3. The largest absolute Gasteiger partial charge is 0.227 e. The van der Waals surface area contributed by atoms with E-state index in [2.05, 4.69) is 6.92 Å². The van der Waals surface area contributed by atoms with Gasteiger partial charge in [0.1, 0.15) is 0 Å². The average molecular weight is 201 g/mol. The third-order valence-corrected chi connectivity index (χ3v) is 4.69. The van der Waals surface area contributed by atoms with Gasteiger partial charge in [-0.15, -0.1) is 0 Å². The Morgan fingerprint density at radius 3 is 2.38 bits per heavy atom. The molecule has 0 spiro atoms. The van der Waals surface area contributed by atoms with E-state index in [0.29, 0.717) is 18.8 Å². The molecular formula is C9H15NO2S. The molecule has 4 heteroatoms. The molecule has 1 fully saturated rings. The normalized spacial score (nSPS) is 33.5. The van der Waals surface area contributed by atoms with E-state index < -0.39 is 14.6 Å². The monoisotopic (exact) mass is 201 g/mol. The summed E-state index contributed by atoms with van der Waals surface area (Å²) < 4.78 is 21.5. The molecule has 0 aromatic heterocycles. The SMILES string of the molecule is CCCC1CC(C#N)(S(C)(=O)=O)C1. The molecule has 0 heterocycles. The molecule has 0 bridgehead atoms. The van der Waals surface area contributed by atoms with Crippen molar-refractivity contribution in [3.63, 3.8) is 0 Å². The third-order valence-electron chi connectivity index (χ3n) is 2.85. The lowest BCUT2D eigenvalue weighted by atomic mass is 9.73. The molecule has 0 N–H and O–H groups in total. The molecule has 0 aromatic carbocycles. The van der Waals surface area contributed by atoms with Crippen molar-refractivity contribution < 1.29 is 8.42 Å². The zero-order valence-corrected chi connectivity index (χ0v) is 8.89. The molecule has 0 radical (unpaired) electrons. The first-order valence-electron chi connectivity index (χ1n) is 4.56. The van der Waals surface area contributed by atoms with Crippen LogP contribution in [-0.2, 0) is 9.84 Å². The quantitative estimate of drug-likeness (QED) is 0.695. The van der Waals surface area contributed by atoms with Crippen molar-refractivity contribution in [1.82, 2.24) is 0 Å². The molecule has 1 rings (SSSR count). The van der Waals surface area contributed by atoms with Crippen molar-refractivity contribution in [3.8, 4) is 6.07 Å². The van der Waals surface area contributed by atoms with Gasteiger partial charge in [-0.3, -0.25) is 0 Å². The first kappa shape index (κ1) is 10.5. The van der Waals surface area contributed by atoms with E-state index in [4.69, 9.17) is 5.26 Å². The van der Waals surface area contributed by atoms with Gasteiger partial charge in [0.05, 0.1) is 6.07 Å². The number of sulfone groups is 1. The smallest absolute Gasteiger partial charge is 0.166 e. The molecule has 1 aliphatic carbocycles. The highest BCUT2D eigenvalue weighted by molar-refractivity contribution is 7.92. The summed E-state index contributed by atoms with van der Waals surface area (Å²) in [7, 11) is -3.19. The minimum absolute atomic E-state index is 0.444. The number of nitriles is 1. The molecule has 0 aliphatic heterocycles. The predicted octanol–water partition coefficient (Wildman–Crippen LogP) is 1.50. The van der Waals surface area contributed by atoms with Crippen LogP contribution in [0.4, 0.5) is 0 Å². The fourth-order valence-corrected chi connectivity index (χ4v) is 3.20. The molecule has 3 nitrogen and oxygen atoms in total. The Morgan fingerprint density at radius 2 is 2.08 bits per heavy atom. The standard InChI is InChI=1S/C9H15NO2S/c1-3-4-8-5-9(6-8,7-10)13(2,11)12/h8H,3-6H2,1-2H3. The Morgan fingerprint density at radius 1 is 1.54 bits per heavy atom. The van der Waals surface area contributed by atoms with Gasteiger partial charge in [-0.1, -0.05) is 19.8 Å². The van der Waals surface area contributed by atoms with E-state index in [1.54, 1.807) is 0 Å². The molecule has 13 heavy (non-hydrogen) atoms. The lowest BCUT2D eigenvalue weighted by molar-refractivity contribution is 0.247. The topological polar surface area (TPSA) is 57.9 Å². The molecule has 0 atom stereocenters. The second kappa shape index (κ2) is 3.30. The third kappa shape index (κ3) is 1.71. The van der Waals surface area contributed by atoms with Crippen LogP contribution >= 0.6 is 0 Å². The fourth-order valence-electron chi connectivity index (χ4n) is 1.96. The van der Waals surface area contributed by atoms with Crippen LogP contribution in [0, 0.1) is 17.2 Å². The van der Waals surface area contributed by atoms with E-state index >= 15 is 0 Å². The molecule has 0 aromatic rings. The summed E-state index contributed by atoms with van der Waals surface area (Å²) in [6, 6.07) is 1.96. The lowest BCUT2D eigenvalue weighted by Gasteiger charge is -2.40. The van der Waals surface area contributed by atoms with Gasteiger partial charge in [-0.2, -0.15) is 5.26 Å². The van der Waals surface area contributed by atoms with E-state index in [0.717, 1.165) is 12.8 Å². The minimum Gasteiger partial charge on any atom is -0.227 e. The van der Waals surface area contributed by atoms with Gasteiger partial charge in [-0.25, -0.2) is 8.42 Å². The average Bonchev–Trinajstić information content (AvgIpc) is 1.93. The van der Waals surface area contributed by atoms with Gasteiger partial charge in [0, 0.05) is 6.26 Å². The van der Waals surface area contributed by atoms with E-state index in [-0.39, 0.29) is 0 Å². The molecule has 0 saturated heterocycles. The number of nitrogens with zero attached hydrogens (tertiary/aromatic N) is 1. The van der Waals surface area contributed by atoms with Crippen LogP contribution < -0.4 is 0 Å². The molecule has 1 saturated carbocycles. The van der Waals surface area contributed by atoms with E-state index in [9.17, 15) is 8.42 Å². The van der Waals surface area contributed by atoms with Crippen LogP contribution in [0.3, 0.4) is 0 Å². The van der Waals surface area contributed by atoms with Crippen molar-refractivity contribution in [2.75, 3.05) is 6.26 Å².